The van der Waals surface area contributed by atoms with E-state index in [1.807, 2.05) is 12.1 Å². The van der Waals surface area contributed by atoms with E-state index in [-0.39, 0.29) is 35.8 Å². The number of halogens is 1. The molecule has 1 N–H and O–H groups in total. The van der Waals surface area contributed by atoms with E-state index in [4.69, 9.17) is 25.8 Å². The number of sulfonamides is 1. The zero-order chi connectivity index (χ0) is 27.9. The van der Waals surface area contributed by atoms with Crippen molar-refractivity contribution in [2.45, 2.75) is 24.2 Å². The zero-order valence-electron chi connectivity index (χ0n) is 20.8. The van der Waals surface area contributed by atoms with Gasteiger partial charge in [-0.3, -0.25) is 19.7 Å². The number of piperidine rings is 1. The Morgan fingerprint density at radius 1 is 1.11 bits per heavy atom. The fraction of sp³-hybridized carbons (Fsp3) is 0.417. The van der Waals surface area contributed by atoms with E-state index in [1.54, 1.807) is 13.2 Å². The van der Waals surface area contributed by atoms with Crippen LogP contribution in [-0.4, -0.2) is 70.0 Å². The number of carbonyl (C=O) groups excluding carboxylic acids is 2. The maximum absolute atomic E-state index is 13.0. The molecule has 2 aromatic rings. The Hall–Kier alpha value is -3.42. The molecule has 1 aliphatic heterocycles. The number of ether oxygens (including phenoxy) is 3. The van der Waals surface area contributed by atoms with Crippen LogP contribution in [-0.2, 0) is 30.8 Å². The summed E-state index contributed by atoms with van der Waals surface area (Å²) in [5.41, 5.74) is 0.529. The third kappa shape index (κ3) is 7.11. The van der Waals surface area contributed by atoms with Gasteiger partial charge in [-0.1, -0.05) is 17.7 Å². The molecule has 0 aliphatic carbocycles. The molecule has 1 aliphatic rings. The average Bonchev–Trinajstić information content (AvgIpc) is 2.91. The molecule has 0 aromatic heterocycles. The molecule has 0 radical (unpaired) electrons. The molecule has 38 heavy (non-hydrogen) atoms. The Morgan fingerprint density at radius 3 is 2.42 bits per heavy atom. The van der Waals surface area contributed by atoms with Gasteiger partial charge in [0.2, 0.25) is 10.0 Å². The van der Waals surface area contributed by atoms with Gasteiger partial charge in [-0.2, -0.15) is 4.31 Å². The molecule has 1 amide bonds. The number of non-ortho nitro benzene ring substituents is 1. The van der Waals surface area contributed by atoms with E-state index in [1.165, 1.54) is 7.11 Å². The molecule has 206 valence electrons. The summed E-state index contributed by atoms with van der Waals surface area (Å²) in [5.74, 6) is -0.452. The normalized spacial score (nSPS) is 14.5. The van der Waals surface area contributed by atoms with Crippen molar-refractivity contribution < 1.29 is 37.1 Å². The minimum absolute atomic E-state index is 0.00135. The zero-order valence-corrected chi connectivity index (χ0v) is 22.4. The number of nitrogens with zero attached hydrogens (tertiary/aromatic N) is 2. The molecular weight excluding hydrogens is 542 g/mol. The first-order valence-corrected chi connectivity index (χ1v) is 13.5. The van der Waals surface area contributed by atoms with Crippen molar-refractivity contribution >= 4 is 39.2 Å². The number of hydrogen-bond acceptors (Lipinski definition) is 9. The number of nitrogens with one attached hydrogen (secondary N) is 1. The molecule has 1 saturated heterocycles. The molecule has 0 saturated carbocycles. The van der Waals surface area contributed by atoms with Gasteiger partial charge < -0.3 is 19.5 Å². The van der Waals surface area contributed by atoms with Gasteiger partial charge in [0.25, 0.3) is 11.6 Å². The monoisotopic (exact) mass is 569 g/mol. The third-order valence-electron chi connectivity index (χ3n) is 6.06. The Balaban J connectivity index is 1.45. The van der Waals surface area contributed by atoms with Crippen LogP contribution < -0.4 is 14.8 Å². The van der Waals surface area contributed by atoms with Gasteiger partial charge in [-0.05, 0) is 43.0 Å². The van der Waals surface area contributed by atoms with Crippen molar-refractivity contribution in [2.24, 2.45) is 5.92 Å². The first-order chi connectivity index (χ1) is 18.1. The van der Waals surface area contributed by atoms with Crippen LogP contribution in [0.2, 0.25) is 5.02 Å². The van der Waals surface area contributed by atoms with E-state index < -0.39 is 45.0 Å². The number of rotatable bonds is 11. The number of nitro groups is 1. The highest BCUT2D eigenvalue weighted by atomic mass is 35.5. The summed E-state index contributed by atoms with van der Waals surface area (Å²) in [7, 11) is -1.02. The van der Waals surface area contributed by atoms with Crippen LogP contribution in [0.1, 0.15) is 18.4 Å². The van der Waals surface area contributed by atoms with Gasteiger partial charge in [0, 0.05) is 31.8 Å². The van der Waals surface area contributed by atoms with Crippen molar-refractivity contribution in [3.8, 4) is 11.5 Å². The largest absolute Gasteiger partial charge is 0.493 e. The SMILES string of the molecule is COc1ccc(CCNC(=O)COC(=O)C2CCN(S(=O)(=O)c3cc([N+](=O)[O-])ccc3Cl)CC2)cc1OC. The van der Waals surface area contributed by atoms with E-state index in [0.29, 0.717) is 24.5 Å². The van der Waals surface area contributed by atoms with Crippen LogP contribution in [0, 0.1) is 16.0 Å². The summed E-state index contributed by atoms with van der Waals surface area (Å²) in [4.78, 5) is 34.5. The Kier molecular flexibility index (Phi) is 9.89. The number of nitro benzene ring substituents is 1. The highest BCUT2D eigenvalue weighted by molar-refractivity contribution is 7.89. The summed E-state index contributed by atoms with van der Waals surface area (Å²) in [5, 5.41) is 13.6. The number of esters is 1. The van der Waals surface area contributed by atoms with Crippen LogP contribution in [0.5, 0.6) is 11.5 Å². The third-order valence-corrected chi connectivity index (χ3v) is 8.44. The molecule has 0 bridgehead atoms. The number of amides is 1. The Labute approximate surface area is 225 Å². The number of hydrogen-bond donors (Lipinski definition) is 1. The van der Waals surface area contributed by atoms with Gasteiger partial charge in [0.1, 0.15) is 4.90 Å². The number of carbonyl (C=O) groups is 2. The number of methoxy groups -OCH3 is 2. The van der Waals surface area contributed by atoms with E-state index in [2.05, 4.69) is 5.32 Å². The molecule has 1 fully saturated rings. The highest BCUT2D eigenvalue weighted by Crippen LogP contribution is 2.31. The smallest absolute Gasteiger partial charge is 0.309 e. The van der Waals surface area contributed by atoms with Crippen molar-refractivity contribution in [2.75, 3.05) is 40.5 Å². The fourth-order valence-corrected chi connectivity index (χ4v) is 5.93. The molecule has 0 atom stereocenters. The van der Waals surface area contributed by atoms with Crippen LogP contribution in [0.25, 0.3) is 0 Å². The topological polar surface area (TPSA) is 154 Å². The summed E-state index contributed by atoms with van der Waals surface area (Å²) >= 11 is 6.00. The summed E-state index contributed by atoms with van der Waals surface area (Å²) in [6.07, 6.45) is 0.874. The minimum Gasteiger partial charge on any atom is -0.493 e. The second kappa shape index (κ2) is 12.9. The van der Waals surface area contributed by atoms with Crippen molar-refractivity contribution in [1.29, 1.82) is 0 Å². The summed E-state index contributed by atoms with van der Waals surface area (Å²) in [6, 6.07) is 8.64. The lowest BCUT2D eigenvalue weighted by Crippen LogP contribution is -2.41. The highest BCUT2D eigenvalue weighted by Gasteiger charge is 2.34. The lowest BCUT2D eigenvalue weighted by molar-refractivity contribution is -0.385. The number of benzene rings is 2. The molecule has 1 heterocycles. The molecule has 2 aromatic carbocycles. The average molecular weight is 570 g/mol. The van der Waals surface area contributed by atoms with E-state index >= 15 is 0 Å². The minimum atomic E-state index is -4.10. The van der Waals surface area contributed by atoms with Crippen LogP contribution in [0.15, 0.2) is 41.3 Å². The van der Waals surface area contributed by atoms with E-state index in [9.17, 15) is 28.1 Å². The maximum Gasteiger partial charge on any atom is 0.309 e. The molecule has 3 rings (SSSR count). The van der Waals surface area contributed by atoms with Gasteiger partial charge in [0.15, 0.2) is 18.1 Å². The predicted molar refractivity (Wildman–Crippen MR) is 137 cm³/mol. The lowest BCUT2D eigenvalue weighted by atomic mass is 9.98. The van der Waals surface area contributed by atoms with Crippen LogP contribution in [0.4, 0.5) is 5.69 Å². The first-order valence-electron chi connectivity index (χ1n) is 11.6. The molecular formula is C24H28ClN3O9S. The summed E-state index contributed by atoms with van der Waals surface area (Å²) in [6.45, 7) is -0.133. The second-order valence-corrected chi connectivity index (χ2v) is 10.8. The van der Waals surface area contributed by atoms with Gasteiger partial charge in [-0.25, -0.2) is 8.42 Å². The Bertz CT molecular complexity index is 1300. The van der Waals surface area contributed by atoms with Gasteiger partial charge in [-0.15, -0.1) is 0 Å². The summed E-state index contributed by atoms with van der Waals surface area (Å²) < 4.78 is 42.7. The Morgan fingerprint density at radius 2 is 1.79 bits per heavy atom. The molecule has 12 nitrogen and oxygen atoms in total. The lowest BCUT2D eigenvalue weighted by Gasteiger charge is -2.30. The van der Waals surface area contributed by atoms with Crippen LogP contribution in [0.3, 0.4) is 0 Å². The predicted octanol–water partition coefficient (Wildman–Crippen LogP) is 2.57. The quantitative estimate of drug-likeness (QED) is 0.244. The van der Waals surface area contributed by atoms with Crippen molar-refractivity contribution in [1.82, 2.24) is 9.62 Å². The molecule has 14 heteroatoms. The molecule has 0 unspecified atom stereocenters. The second-order valence-electron chi connectivity index (χ2n) is 8.45. The van der Waals surface area contributed by atoms with Crippen molar-refractivity contribution in [3.05, 3.63) is 57.1 Å². The first kappa shape index (κ1) is 29.1. The van der Waals surface area contributed by atoms with Crippen molar-refractivity contribution in [3.63, 3.8) is 0 Å². The van der Waals surface area contributed by atoms with Crippen LogP contribution >= 0.6 is 11.6 Å². The van der Waals surface area contributed by atoms with Gasteiger partial charge in [0.05, 0.1) is 30.1 Å². The van der Waals surface area contributed by atoms with Gasteiger partial charge >= 0.3 is 5.97 Å². The van der Waals surface area contributed by atoms with E-state index in [0.717, 1.165) is 28.1 Å². The fourth-order valence-electron chi connectivity index (χ4n) is 3.96. The maximum atomic E-state index is 13.0. The standard InChI is InChI=1S/C24H28ClN3O9S/c1-35-20-6-3-16(13-21(20)36-2)7-10-26-23(29)15-37-24(30)17-8-11-27(12-9-17)38(33,34)22-14-18(28(31)32)4-5-19(22)25/h3-6,13-14,17H,7-12,15H2,1-2H3,(H,26,29). The molecule has 0 spiro atoms.